The zero-order valence-corrected chi connectivity index (χ0v) is 21.1. The number of phenols is 1. The third-order valence-electron chi connectivity index (χ3n) is 6.09. The quantitative estimate of drug-likeness (QED) is 0.187. The average molecular weight is 525 g/mol. The molecule has 202 valence electrons. The number of carbonyl (C=O) groups excluding carboxylic acids is 3. The first-order valence-electron chi connectivity index (χ1n) is 12.3. The monoisotopic (exact) mass is 524 g/mol. The van der Waals surface area contributed by atoms with Gasteiger partial charge in [0.25, 0.3) is 0 Å². The van der Waals surface area contributed by atoms with Crippen LogP contribution in [0.3, 0.4) is 0 Å². The molecule has 0 saturated carbocycles. The highest BCUT2D eigenvalue weighted by molar-refractivity contribution is 5.94. The summed E-state index contributed by atoms with van der Waals surface area (Å²) >= 11 is 0. The van der Waals surface area contributed by atoms with Crippen molar-refractivity contribution < 1.29 is 34.5 Å². The summed E-state index contributed by atoms with van der Waals surface area (Å²) in [7, 11) is 0. The first-order valence-corrected chi connectivity index (χ1v) is 12.3. The van der Waals surface area contributed by atoms with Gasteiger partial charge in [-0.2, -0.15) is 0 Å². The van der Waals surface area contributed by atoms with E-state index in [9.17, 15) is 34.5 Å². The van der Waals surface area contributed by atoms with Crippen molar-refractivity contribution >= 4 is 34.6 Å². The van der Waals surface area contributed by atoms with Gasteiger partial charge in [0.1, 0.15) is 30.0 Å². The summed E-state index contributed by atoms with van der Waals surface area (Å²) < 4.78 is 0. The molecule has 38 heavy (non-hydrogen) atoms. The molecule has 4 unspecified atom stereocenters. The molecule has 3 rings (SSSR count). The van der Waals surface area contributed by atoms with Gasteiger partial charge in [-0.1, -0.05) is 37.3 Å². The second-order valence-electron chi connectivity index (χ2n) is 9.02. The van der Waals surface area contributed by atoms with Gasteiger partial charge < -0.3 is 36.3 Å². The Labute approximate surface area is 219 Å². The van der Waals surface area contributed by atoms with E-state index in [-0.39, 0.29) is 24.2 Å². The van der Waals surface area contributed by atoms with Gasteiger partial charge >= 0.3 is 5.97 Å². The second kappa shape index (κ2) is 12.7. The number of aromatic amines is 1. The number of aromatic nitrogens is 1. The molecule has 0 saturated heterocycles. The van der Waals surface area contributed by atoms with Gasteiger partial charge in [0, 0.05) is 29.9 Å². The van der Waals surface area contributed by atoms with Crippen molar-refractivity contribution in [2.24, 2.45) is 0 Å². The van der Waals surface area contributed by atoms with E-state index in [0.717, 1.165) is 10.9 Å². The third-order valence-corrected chi connectivity index (χ3v) is 6.09. The van der Waals surface area contributed by atoms with E-state index >= 15 is 0 Å². The Kier molecular flexibility index (Phi) is 9.44. The fourth-order valence-electron chi connectivity index (χ4n) is 3.99. The molecule has 0 radical (unpaired) electrons. The maximum Gasteiger partial charge on any atom is 0.325 e. The lowest BCUT2D eigenvalue weighted by Gasteiger charge is -2.27. The molecule has 1 heterocycles. The van der Waals surface area contributed by atoms with E-state index in [0.29, 0.717) is 12.0 Å². The van der Waals surface area contributed by atoms with Gasteiger partial charge in [0.15, 0.2) is 0 Å². The van der Waals surface area contributed by atoms with Crippen molar-refractivity contribution in [2.45, 2.75) is 57.3 Å². The number of carboxylic acids is 1. The van der Waals surface area contributed by atoms with E-state index in [1.807, 2.05) is 24.3 Å². The van der Waals surface area contributed by atoms with Crippen LogP contribution in [-0.4, -0.2) is 62.1 Å². The number of nitrogens with one attached hydrogen (secondary N) is 4. The number of para-hydroxylation sites is 1. The van der Waals surface area contributed by atoms with Gasteiger partial charge in [-0.05, 0) is 42.7 Å². The van der Waals surface area contributed by atoms with E-state index in [2.05, 4.69) is 20.9 Å². The smallest absolute Gasteiger partial charge is 0.325 e. The Balaban J connectivity index is 1.90. The Hall–Kier alpha value is -4.38. The number of carboxylic acid groups (broad SMARTS) is 1. The predicted octanol–water partition coefficient (Wildman–Crippen LogP) is 1.51. The molecule has 0 aliphatic carbocycles. The first kappa shape index (κ1) is 28.2. The molecule has 3 aromatic rings. The van der Waals surface area contributed by atoms with Crippen LogP contribution in [0, 0.1) is 0 Å². The van der Waals surface area contributed by atoms with Gasteiger partial charge in [-0.25, -0.2) is 0 Å². The number of aliphatic hydroxyl groups is 1. The van der Waals surface area contributed by atoms with E-state index < -0.39 is 47.9 Å². The maximum atomic E-state index is 13.5. The zero-order valence-electron chi connectivity index (χ0n) is 21.1. The molecule has 0 aliphatic rings. The number of rotatable bonds is 12. The predicted molar refractivity (Wildman–Crippen MR) is 139 cm³/mol. The largest absolute Gasteiger partial charge is 0.508 e. The molecule has 4 atom stereocenters. The van der Waals surface area contributed by atoms with Crippen molar-refractivity contribution in [1.29, 1.82) is 0 Å². The van der Waals surface area contributed by atoms with Crippen LogP contribution >= 0.6 is 0 Å². The number of hydrogen-bond donors (Lipinski definition) is 7. The SMILES string of the molecule is CCCC(=O)NC(C(=O)NC(Cc1c[nH]c2ccccc12)C(=O)NC(C)C(=O)O)C(O)c1ccc(O)cc1. The van der Waals surface area contributed by atoms with Crippen molar-refractivity contribution in [3.8, 4) is 5.75 Å². The van der Waals surface area contributed by atoms with E-state index in [4.69, 9.17) is 0 Å². The number of phenolic OH excluding ortho intramolecular Hbond substituents is 1. The third kappa shape index (κ3) is 7.10. The summed E-state index contributed by atoms with van der Waals surface area (Å²) in [5.41, 5.74) is 1.78. The summed E-state index contributed by atoms with van der Waals surface area (Å²) in [4.78, 5) is 53.4. The highest BCUT2D eigenvalue weighted by Crippen LogP contribution is 2.22. The number of hydrogen-bond acceptors (Lipinski definition) is 6. The molecule has 0 bridgehead atoms. The minimum atomic E-state index is -1.49. The number of aliphatic carboxylic acids is 1. The molecule has 3 amide bonds. The van der Waals surface area contributed by atoms with Crippen molar-refractivity contribution in [3.63, 3.8) is 0 Å². The van der Waals surface area contributed by atoms with Crippen LogP contribution in [0.4, 0.5) is 0 Å². The summed E-state index contributed by atoms with van der Waals surface area (Å²) in [6.45, 7) is 3.09. The molecule has 11 heteroatoms. The highest BCUT2D eigenvalue weighted by atomic mass is 16.4. The highest BCUT2D eigenvalue weighted by Gasteiger charge is 2.33. The van der Waals surface area contributed by atoms with Crippen LogP contribution < -0.4 is 16.0 Å². The lowest BCUT2D eigenvalue weighted by molar-refractivity contribution is -0.142. The Morgan fingerprint density at radius 3 is 2.29 bits per heavy atom. The molecule has 1 aromatic heterocycles. The number of carbonyl (C=O) groups is 4. The Morgan fingerprint density at radius 1 is 0.947 bits per heavy atom. The number of amides is 3. The first-order chi connectivity index (χ1) is 18.1. The molecule has 7 N–H and O–H groups in total. The molecular weight excluding hydrogens is 492 g/mol. The van der Waals surface area contributed by atoms with Crippen LogP contribution in [0.25, 0.3) is 10.9 Å². The average Bonchev–Trinajstić information content (AvgIpc) is 3.29. The van der Waals surface area contributed by atoms with Gasteiger partial charge in [-0.3, -0.25) is 19.2 Å². The van der Waals surface area contributed by atoms with Crippen LogP contribution in [0.15, 0.2) is 54.7 Å². The number of aliphatic hydroxyl groups excluding tert-OH is 1. The minimum absolute atomic E-state index is 0.0128. The van der Waals surface area contributed by atoms with Crippen LogP contribution in [0.1, 0.15) is 43.9 Å². The fourth-order valence-corrected chi connectivity index (χ4v) is 3.99. The summed E-state index contributed by atoms with van der Waals surface area (Å²) in [5, 5.41) is 38.1. The van der Waals surface area contributed by atoms with E-state index in [1.165, 1.54) is 31.2 Å². The van der Waals surface area contributed by atoms with Crippen LogP contribution in [-0.2, 0) is 25.6 Å². The Morgan fingerprint density at radius 2 is 1.63 bits per heavy atom. The molecule has 0 fully saturated rings. The second-order valence-corrected chi connectivity index (χ2v) is 9.02. The summed E-state index contributed by atoms with van der Waals surface area (Å²) in [5.74, 6) is -3.33. The molecular formula is C27H32N4O7. The van der Waals surface area contributed by atoms with Crippen molar-refractivity contribution in [2.75, 3.05) is 0 Å². The lowest BCUT2D eigenvalue weighted by Crippen LogP contribution is -2.57. The standard InChI is InChI=1S/C27H32N4O7/c1-3-6-22(33)31-23(24(34)16-9-11-18(32)12-10-16)26(36)30-21(25(35)29-15(2)27(37)38)13-17-14-28-20-8-5-4-7-19(17)20/h4-5,7-12,14-15,21,23-24,28,32,34H,3,6,13H2,1-2H3,(H,29,35)(H,30,36)(H,31,33)(H,37,38). The van der Waals surface area contributed by atoms with Crippen LogP contribution in [0.2, 0.25) is 0 Å². The van der Waals surface area contributed by atoms with Crippen LogP contribution in [0.5, 0.6) is 5.75 Å². The summed E-state index contributed by atoms with van der Waals surface area (Å²) in [6, 6.07) is 8.97. The number of H-pyrrole nitrogens is 1. The topological polar surface area (TPSA) is 181 Å². The normalized spacial score (nSPS) is 14.2. The van der Waals surface area contributed by atoms with E-state index in [1.54, 1.807) is 13.1 Å². The van der Waals surface area contributed by atoms with Gasteiger partial charge in [0.05, 0.1) is 0 Å². The van der Waals surface area contributed by atoms with Crippen molar-refractivity contribution in [1.82, 2.24) is 20.9 Å². The number of aromatic hydroxyl groups is 1. The molecule has 11 nitrogen and oxygen atoms in total. The maximum absolute atomic E-state index is 13.5. The summed E-state index contributed by atoms with van der Waals surface area (Å²) in [6.07, 6.45) is 0.837. The Bertz CT molecular complexity index is 1290. The lowest BCUT2D eigenvalue weighted by atomic mass is 9.99. The minimum Gasteiger partial charge on any atom is -0.508 e. The van der Waals surface area contributed by atoms with Gasteiger partial charge in [0.2, 0.25) is 17.7 Å². The molecule has 2 aromatic carbocycles. The molecule has 0 aliphatic heterocycles. The van der Waals surface area contributed by atoms with Crippen molar-refractivity contribution in [3.05, 3.63) is 65.9 Å². The fraction of sp³-hybridized carbons (Fsp3) is 0.333. The number of benzene rings is 2. The molecule has 0 spiro atoms. The number of fused-ring (bicyclic) bond motifs is 1. The van der Waals surface area contributed by atoms with Gasteiger partial charge in [-0.15, -0.1) is 0 Å². The zero-order chi connectivity index (χ0) is 27.8.